The van der Waals surface area contributed by atoms with Gasteiger partial charge in [0.15, 0.2) is 0 Å². The Balaban J connectivity index is 2.04. The lowest BCUT2D eigenvalue weighted by Gasteiger charge is -2.37. The zero-order valence-corrected chi connectivity index (χ0v) is 14.3. The van der Waals surface area contributed by atoms with Crippen molar-refractivity contribution in [3.05, 3.63) is 45.9 Å². The molecule has 0 saturated carbocycles. The summed E-state index contributed by atoms with van der Waals surface area (Å²) in [6.07, 6.45) is 0.423. The van der Waals surface area contributed by atoms with E-state index in [1.165, 1.54) is 18.2 Å². The maximum atomic E-state index is 14.3. The van der Waals surface area contributed by atoms with Gasteiger partial charge in [0.25, 0.3) is 0 Å². The average molecular weight is 399 g/mol. The second kappa shape index (κ2) is 5.57. The van der Waals surface area contributed by atoms with E-state index in [9.17, 15) is 9.18 Å². The summed E-state index contributed by atoms with van der Waals surface area (Å²) in [5, 5.41) is 18.4. The topological polar surface area (TPSA) is 79.2 Å². The predicted molar refractivity (Wildman–Crippen MR) is 90.2 cm³/mol. The van der Waals surface area contributed by atoms with E-state index >= 15 is 0 Å². The minimum Gasteiger partial charge on any atom is -0.465 e. The number of nitrogens with zero attached hydrogens (tertiary/aromatic N) is 2. The first-order valence-electron chi connectivity index (χ1n) is 6.64. The average Bonchev–Trinajstić information content (AvgIpc) is 2.81. The normalized spacial score (nSPS) is 19.9. The smallest absolute Gasteiger partial charge is 0.409 e. The second-order valence-corrected chi connectivity index (χ2v) is 6.67. The van der Waals surface area contributed by atoms with Gasteiger partial charge in [-0.25, -0.2) is 9.18 Å². The largest absolute Gasteiger partial charge is 0.465 e. The van der Waals surface area contributed by atoms with Gasteiger partial charge in [-0.1, -0.05) is 12.2 Å². The lowest BCUT2D eigenvalue weighted by molar-refractivity contribution is 0.209. The van der Waals surface area contributed by atoms with Crippen LogP contribution in [0.25, 0.3) is 0 Å². The van der Waals surface area contributed by atoms with Gasteiger partial charge >= 0.3 is 6.09 Å². The Hall–Kier alpha value is -2.00. The molecule has 2 heterocycles. The first-order chi connectivity index (χ1) is 10.8. The number of hydrogen-bond acceptors (Lipinski definition) is 3. The molecule has 0 spiro atoms. The van der Waals surface area contributed by atoms with Crippen LogP contribution in [-0.4, -0.2) is 26.0 Å². The highest BCUT2D eigenvalue weighted by molar-refractivity contribution is 9.10. The quantitative estimate of drug-likeness (QED) is 0.677. The van der Waals surface area contributed by atoms with Gasteiger partial charge < -0.3 is 10.4 Å². The SMILES string of the molecule is CC1(c2cc(NC(=O)O)ccc2F)Cn2ncc(Br)c2C(=S)N1. The second-order valence-electron chi connectivity index (χ2n) is 5.41. The third kappa shape index (κ3) is 2.81. The zero-order chi connectivity index (χ0) is 16.8. The van der Waals surface area contributed by atoms with Crippen molar-refractivity contribution in [3.63, 3.8) is 0 Å². The Morgan fingerprint density at radius 1 is 1.61 bits per heavy atom. The van der Waals surface area contributed by atoms with Crippen molar-refractivity contribution < 1.29 is 14.3 Å². The molecule has 3 rings (SSSR count). The number of carbonyl (C=O) groups is 1. The molecular formula is C14H12BrFN4O2S. The van der Waals surface area contributed by atoms with Gasteiger partial charge in [0.05, 0.1) is 22.8 Å². The van der Waals surface area contributed by atoms with Crippen LogP contribution in [0.3, 0.4) is 0 Å². The summed E-state index contributed by atoms with van der Waals surface area (Å²) in [6.45, 7) is 2.14. The third-order valence-electron chi connectivity index (χ3n) is 3.68. The fraction of sp³-hybridized carbons (Fsp3) is 0.214. The fourth-order valence-electron chi connectivity index (χ4n) is 2.66. The Labute approximate surface area is 144 Å². The van der Waals surface area contributed by atoms with Crippen molar-refractivity contribution in [3.8, 4) is 0 Å². The summed E-state index contributed by atoms with van der Waals surface area (Å²) in [5.74, 6) is -0.451. The van der Waals surface area contributed by atoms with E-state index in [0.29, 0.717) is 17.1 Å². The molecule has 3 N–H and O–H groups in total. The number of hydrogen-bond donors (Lipinski definition) is 3. The van der Waals surface area contributed by atoms with Crippen LogP contribution in [-0.2, 0) is 12.1 Å². The van der Waals surface area contributed by atoms with E-state index < -0.39 is 17.4 Å². The maximum absolute atomic E-state index is 14.3. The summed E-state index contributed by atoms with van der Waals surface area (Å²) in [7, 11) is 0. The summed E-state index contributed by atoms with van der Waals surface area (Å²) < 4.78 is 16.8. The molecule has 1 aromatic heterocycles. The van der Waals surface area contributed by atoms with Gasteiger partial charge in [-0.3, -0.25) is 10.00 Å². The van der Waals surface area contributed by atoms with Crippen molar-refractivity contribution in [2.75, 3.05) is 5.32 Å². The molecule has 23 heavy (non-hydrogen) atoms. The number of fused-ring (bicyclic) bond motifs is 1. The van der Waals surface area contributed by atoms with Crippen molar-refractivity contribution in [1.29, 1.82) is 0 Å². The molecule has 1 atom stereocenters. The molecule has 1 aromatic carbocycles. The molecule has 9 heteroatoms. The van der Waals surface area contributed by atoms with Crippen molar-refractivity contribution in [2.45, 2.75) is 19.0 Å². The van der Waals surface area contributed by atoms with Crippen molar-refractivity contribution in [1.82, 2.24) is 15.1 Å². The number of thiocarbonyl (C=S) groups is 1. The van der Waals surface area contributed by atoms with Crippen LogP contribution < -0.4 is 10.6 Å². The van der Waals surface area contributed by atoms with Gasteiger partial charge in [0.1, 0.15) is 16.5 Å². The molecule has 1 unspecified atom stereocenters. The monoisotopic (exact) mass is 398 g/mol. The van der Waals surface area contributed by atoms with E-state index in [-0.39, 0.29) is 5.69 Å². The molecule has 2 aromatic rings. The van der Waals surface area contributed by atoms with Crippen LogP contribution in [0.5, 0.6) is 0 Å². The molecule has 0 radical (unpaired) electrons. The summed E-state index contributed by atoms with van der Waals surface area (Å²) in [6, 6.07) is 4.06. The minimum absolute atomic E-state index is 0.287. The Morgan fingerprint density at radius 3 is 3.04 bits per heavy atom. The Bertz CT molecular complexity index is 825. The molecule has 120 valence electrons. The summed E-state index contributed by atoms with van der Waals surface area (Å²) in [5.41, 5.74) is 0.479. The van der Waals surface area contributed by atoms with E-state index in [2.05, 4.69) is 31.7 Å². The van der Waals surface area contributed by atoms with E-state index in [0.717, 1.165) is 10.2 Å². The number of anilines is 1. The molecule has 1 amide bonds. The van der Waals surface area contributed by atoms with Crippen LogP contribution in [0, 0.1) is 5.82 Å². The first kappa shape index (κ1) is 15.9. The van der Waals surface area contributed by atoms with Gasteiger partial charge in [0.2, 0.25) is 0 Å². The van der Waals surface area contributed by atoms with E-state index in [4.69, 9.17) is 17.3 Å². The molecule has 1 aliphatic heterocycles. The number of aromatic nitrogens is 2. The molecular weight excluding hydrogens is 387 g/mol. The van der Waals surface area contributed by atoms with Gasteiger partial charge in [-0.2, -0.15) is 5.10 Å². The van der Waals surface area contributed by atoms with Crippen LogP contribution in [0.1, 0.15) is 18.2 Å². The molecule has 0 aliphatic carbocycles. The van der Waals surface area contributed by atoms with Crippen LogP contribution in [0.2, 0.25) is 0 Å². The lowest BCUT2D eigenvalue weighted by atomic mass is 9.89. The first-order valence-corrected chi connectivity index (χ1v) is 7.84. The number of rotatable bonds is 2. The lowest BCUT2D eigenvalue weighted by Crippen LogP contribution is -2.51. The molecule has 0 bridgehead atoms. The van der Waals surface area contributed by atoms with Crippen LogP contribution in [0.4, 0.5) is 14.9 Å². The maximum Gasteiger partial charge on any atom is 0.409 e. The fourth-order valence-corrected chi connectivity index (χ4v) is 3.73. The number of benzene rings is 1. The number of halogens is 2. The highest BCUT2D eigenvalue weighted by Gasteiger charge is 2.37. The Kier molecular flexibility index (Phi) is 3.85. The predicted octanol–water partition coefficient (Wildman–Crippen LogP) is 3.07. The molecule has 0 fully saturated rings. The zero-order valence-electron chi connectivity index (χ0n) is 11.9. The summed E-state index contributed by atoms with van der Waals surface area (Å²) >= 11 is 8.74. The van der Waals surface area contributed by atoms with Crippen LogP contribution >= 0.6 is 28.1 Å². The van der Waals surface area contributed by atoms with E-state index in [1.54, 1.807) is 17.8 Å². The number of nitrogens with one attached hydrogen (secondary N) is 2. The van der Waals surface area contributed by atoms with E-state index in [1.807, 2.05) is 0 Å². The highest BCUT2D eigenvalue weighted by Crippen LogP contribution is 2.33. The van der Waals surface area contributed by atoms with Crippen LogP contribution in [0.15, 0.2) is 28.9 Å². The molecule has 1 aliphatic rings. The molecule has 6 nitrogen and oxygen atoms in total. The van der Waals surface area contributed by atoms with Crippen molar-refractivity contribution >= 4 is 44.9 Å². The molecule has 0 saturated heterocycles. The number of amides is 1. The van der Waals surface area contributed by atoms with Gasteiger partial charge in [0, 0.05) is 11.3 Å². The standard InChI is InChI=1S/C14H12BrFN4O2S/c1-14(6-20-11(12(23)19-14)9(15)5-17-20)8-4-7(18-13(21)22)2-3-10(8)16/h2-5,18H,6H2,1H3,(H,19,23)(H,21,22). The Morgan fingerprint density at radius 2 is 2.35 bits per heavy atom. The van der Waals surface area contributed by atoms with Crippen molar-refractivity contribution in [2.24, 2.45) is 0 Å². The van der Waals surface area contributed by atoms with Gasteiger partial charge in [-0.15, -0.1) is 0 Å². The minimum atomic E-state index is -1.21. The number of carboxylic acid groups (broad SMARTS) is 1. The summed E-state index contributed by atoms with van der Waals surface area (Å²) in [4.78, 5) is 11.2. The third-order valence-corrected chi connectivity index (χ3v) is 4.55. The van der Waals surface area contributed by atoms with Gasteiger partial charge in [-0.05, 0) is 41.1 Å². The highest BCUT2D eigenvalue weighted by atomic mass is 79.9.